The lowest BCUT2D eigenvalue weighted by Crippen LogP contribution is -2.37. The van der Waals surface area contributed by atoms with Crippen LogP contribution in [0.2, 0.25) is 5.28 Å². The molecule has 0 fully saturated rings. The van der Waals surface area contributed by atoms with Gasteiger partial charge in [-0.3, -0.25) is 18.7 Å². The molecule has 2 heterocycles. The average Bonchev–Trinajstić information content (AvgIpc) is 3.00. The van der Waals surface area contributed by atoms with E-state index in [0.717, 1.165) is 11.0 Å². The standard InChI is InChI=1S/C19H21ClN4O3/c1-5-11(2)12-6-8-13(9-7-12)14(25)10-24-15-16(21-18(24)20)22(3)19(27)23(4)17(15)26/h6-9,11H,5,10H2,1-4H3/t11-/m0/s1. The molecule has 27 heavy (non-hydrogen) atoms. The molecule has 3 rings (SSSR count). The third-order valence-corrected chi connectivity index (χ3v) is 5.31. The fraction of sp³-hybridized carbons (Fsp3) is 0.368. The van der Waals surface area contributed by atoms with Crippen molar-refractivity contribution in [1.29, 1.82) is 0 Å². The van der Waals surface area contributed by atoms with Crippen LogP contribution >= 0.6 is 11.6 Å². The number of halogens is 1. The number of fused-ring (bicyclic) bond motifs is 1. The summed E-state index contributed by atoms with van der Waals surface area (Å²) in [5, 5.41) is -0.00660. The van der Waals surface area contributed by atoms with Gasteiger partial charge in [0.25, 0.3) is 5.56 Å². The summed E-state index contributed by atoms with van der Waals surface area (Å²) in [5.74, 6) is 0.230. The zero-order valence-corrected chi connectivity index (χ0v) is 16.4. The molecule has 0 saturated heterocycles. The summed E-state index contributed by atoms with van der Waals surface area (Å²) in [5.41, 5.74) is 0.959. The number of nitrogens with zero attached hydrogens (tertiary/aromatic N) is 4. The highest BCUT2D eigenvalue weighted by Crippen LogP contribution is 2.20. The van der Waals surface area contributed by atoms with E-state index >= 15 is 0 Å². The van der Waals surface area contributed by atoms with E-state index in [9.17, 15) is 14.4 Å². The Hall–Kier alpha value is -2.67. The first kappa shape index (κ1) is 19.1. The van der Waals surface area contributed by atoms with Crippen LogP contribution in [-0.4, -0.2) is 24.5 Å². The molecule has 0 aliphatic carbocycles. The average molecular weight is 389 g/mol. The van der Waals surface area contributed by atoms with Crippen molar-refractivity contribution in [3.05, 3.63) is 61.5 Å². The minimum Gasteiger partial charge on any atom is -0.301 e. The van der Waals surface area contributed by atoms with E-state index in [1.165, 1.54) is 28.8 Å². The second kappa shape index (κ2) is 7.15. The summed E-state index contributed by atoms with van der Waals surface area (Å²) in [4.78, 5) is 41.4. The number of aromatic nitrogens is 4. The monoisotopic (exact) mass is 388 g/mol. The van der Waals surface area contributed by atoms with Gasteiger partial charge in [-0.2, -0.15) is 4.98 Å². The molecule has 0 saturated carbocycles. The quantitative estimate of drug-likeness (QED) is 0.497. The Bertz CT molecular complexity index is 1140. The topological polar surface area (TPSA) is 78.9 Å². The second-order valence-corrected chi connectivity index (χ2v) is 7.04. The number of aryl methyl sites for hydroxylation is 1. The molecule has 1 atom stereocenters. The molecule has 0 aliphatic heterocycles. The van der Waals surface area contributed by atoms with E-state index in [0.29, 0.717) is 11.5 Å². The lowest BCUT2D eigenvalue weighted by molar-refractivity contribution is 0.0973. The van der Waals surface area contributed by atoms with E-state index in [1.54, 1.807) is 12.1 Å². The van der Waals surface area contributed by atoms with Crippen LogP contribution in [0.1, 0.15) is 42.1 Å². The first-order chi connectivity index (χ1) is 12.8. The molecule has 7 nitrogen and oxygen atoms in total. The molecule has 0 spiro atoms. The van der Waals surface area contributed by atoms with Crippen molar-refractivity contribution in [3.8, 4) is 0 Å². The maximum absolute atomic E-state index is 12.7. The van der Waals surface area contributed by atoms with E-state index in [-0.39, 0.29) is 28.8 Å². The third-order valence-electron chi connectivity index (χ3n) is 5.02. The lowest BCUT2D eigenvalue weighted by atomic mass is 9.97. The molecule has 142 valence electrons. The third kappa shape index (κ3) is 3.23. The van der Waals surface area contributed by atoms with E-state index < -0.39 is 11.2 Å². The fourth-order valence-electron chi connectivity index (χ4n) is 3.03. The van der Waals surface area contributed by atoms with E-state index in [2.05, 4.69) is 18.8 Å². The molecule has 1 aromatic carbocycles. The number of hydrogen-bond acceptors (Lipinski definition) is 4. The van der Waals surface area contributed by atoms with Crippen molar-refractivity contribution in [2.75, 3.05) is 0 Å². The summed E-state index contributed by atoms with van der Waals surface area (Å²) in [6, 6.07) is 7.45. The fourth-order valence-corrected chi connectivity index (χ4v) is 3.26. The molecule has 0 N–H and O–H groups in total. The van der Waals surface area contributed by atoms with Gasteiger partial charge in [-0.1, -0.05) is 38.1 Å². The predicted octanol–water partition coefficient (Wildman–Crippen LogP) is 2.48. The predicted molar refractivity (Wildman–Crippen MR) is 105 cm³/mol. The van der Waals surface area contributed by atoms with Crippen molar-refractivity contribution in [2.24, 2.45) is 14.1 Å². The highest BCUT2D eigenvalue weighted by molar-refractivity contribution is 6.29. The van der Waals surface area contributed by atoms with Crippen LogP contribution in [-0.2, 0) is 20.6 Å². The minimum atomic E-state index is -0.535. The molecule has 0 radical (unpaired) electrons. The normalized spacial score (nSPS) is 12.5. The second-order valence-electron chi connectivity index (χ2n) is 6.70. The molecule has 0 amide bonds. The minimum absolute atomic E-state index is 0.00660. The number of carbonyl (C=O) groups is 1. The Morgan fingerprint density at radius 3 is 2.37 bits per heavy atom. The van der Waals surface area contributed by atoms with Gasteiger partial charge in [-0.25, -0.2) is 4.79 Å². The molecule has 0 aliphatic rings. The maximum atomic E-state index is 12.7. The van der Waals surface area contributed by atoms with Gasteiger partial charge in [0, 0.05) is 19.7 Å². The Morgan fingerprint density at radius 1 is 1.15 bits per heavy atom. The van der Waals surface area contributed by atoms with Gasteiger partial charge in [-0.15, -0.1) is 0 Å². The first-order valence-electron chi connectivity index (χ1n) is 8.71. The molecule has 3 aromatic rings. The van der Waals surface area contributed by atoms with Gasteiger partial charge >= 0.3 is 5.69 Å². The summed E-state index contributed by atoms with van der Waals surface area (Å²) in [6.45, 7) is 4.11. The summed E-state index contributed by atoms with van der Waals surface area (Å²) >= 11 is 6.17. The molecule has 8 heteroatoms. The van der Waals surface area contributed by atoms with Crippen molar-refractivity contribution >= 4 is 28.5 Å². The van der Waals surface area contributed by atoms with Gasteiger partial charge < -0.3 is 4.57 Å². The number of carbonyl (C=O) groups excluding carboxylic acids is 1. The highest BCUT2D eigenvalue weighted by atomic mass is 35.5. The van der Waals surface area contributed by atoms with Crippen molar-refractivity contribution < 1.29 is 4.79 Å². The van der Waals surface area contributed by atoms with Crippen LogP contribution in [0.4, 0.5) is 0 Å². The number of rotatable bonds is 5. The molecule has 0 bridgehead atoms. The first-order valence-corrected chi connectivity index (χ1v) is 9.09. The Balaban J connectivity index is 2.02. The molecule has 0 unspecified atom stereocenters. The number of benzene rings is 1. The van der Waals surface area contributed by atoms with Crippen LogP contribution < -0.4 is 11.2 Å². The van der Waals surface area contributed by atoms with Crippen LogP contribution in [0.5, 0.6) is 0 Å². The number of Topliss-reactive ketones (excluding diaryl/α,β-unsaturated/α-hetero) is 1. The molecular weight excluding hydrogens is 368 g/mol. The molecule has 2 aromatic heterocycles. The van der Waals surface area contributed by atoms with Crippen LogP contribution in [0.3, 0.4) is 0 Å². The summed E-state index contributed by atoms with van der Waals surface area (Å²) in [7, 11) is 2.89. The Labute approximate surface area is 160 Å². The maximum Gasteiger partial charge on any atom is 0.332 e. The van der Waals surface area contributed by atoms with Crippen LogP contribution in [0.25, 0.3) is 11.2 Å². The number of ketones is 1. The van der Waals surface area contributed by atoms with Gasteiger partial charge in [-0.05, 0) is 29.5 Å². The van der Waals surface area contributed by atoms with E-state index in [1.807, 2.05) is 12.1 Å². The zero-order valence-electron chi connectivity index (χ0n) is 15.7. The van der Waals surface area contributed by atoms with E-state index in [4.69, 9.17) is 11.6 Å². The molecular formula is C19H21ClN4O3. The SMILES string of the molecule is CC[C@H](C)c1ccc(C(=O)Cn2c(Cl)nc3c2c(=O)n(C)c(=O)n3C)cc1. The Morgan fingerprint density at radius 2 is 1.78 bits per heavy atom. The van der Waals surface area contributed by atoms with Gasteiger partial charge in [0.15, 0.2) is 16.9 Å². The van der Waals surface area contributed by atoms with Crippen molar-refractivity contribution in [1.82, 2.24) is 18.7 Å². The zero-order chi connectivity index (χ0) is 19.9. The Kier molecular flexibility index (Phi) is 5.06. The summed E-state index contributed by atoms with van der Waals surface area (Å²) < 4.78 is 3.57. The van der Waals surface area contributed by atoms with Crippen LogP contribution in [0, 0.1) is 0 Å². The smallest absolute Gasteiger partial charge is 0.301 e. The van der Waals surface area contributed by atoms with Gasteiger partial charge in [0.2, 0.25) is 5.28 Å². The van der Waals surface area contributed by atoms with Crippen molar-refractivity contribution in [2.45, 2.75) is 32.7 Å². The van der Waals surface area contributed by atoms with Crippen LogP contribution in [0.15, 0.2) is 33.9 Å². The lowest BCUT2D eigenvalue weighted by Gasteiger charge is -2.10. The van der Waals surface area contributed by atoms with Gasteiger partial charge in [0.05, 0.1) is 6.54 Å². The largest absolute Gasteiger partial charge is 0.332 e. The summed E-state index contributed by atoms with van der Waals surface area (Å²) in [6.07, 6.45) is 1.02. The highest BCUT2D eigenvalue weighted by Gasteiger charge is 2.20. The van der Waals surface area contributed by atoms with Gasteiger partial charge in [0.1, 0.15) is 0 Å². The number of hydrogen-bond donors (Lipinski definition) is 0. The number of imidazole rings is 1. The van der Waals surface area contributed by atoms with Crippen molar-refractivity contribution in [3.63, 3.8) is 0 Å².